The Bertz CT molecular complexity index is 449. The number of esters is 1. The number of nitrogens with one attached hydrogen (secondary N) is 1. The number of carbonyl (C=O) groups excluding carboxylic acids is 1. The van der Waals surface area contributed by atoms with Gasteiger partial charge in [-0.05, 0) is 32.4 Å². The van der Waals surface area contributed by atoms with Crippen molar-refractivity contribution in [3.05, 3.63) is 22.7 Å². The van der Waals surface area contributed by atoms with Crippen LogP contribution in [0.3, 0.4) is 0 Å². The van der Waals surface area contributed by atoms with E-state index in [0.29, 0.717) is 23.8 Å². The van der Waals surface area contributed by atoms with Crippen molar-refractivity contribution in [3.63, 3.8) is 0 Å². The minimum atomic E-state index is -0.216. The lowest BCUT2D eigenvalue weighted by Gasteiger charge is -2.18. The second-order valence-electron chi connectivity index (χ2n) is 4.36. The third-order valence-electron chi connectivity index (χ3n) is 2.66. The normalized spacial score (nSPS) is 11.8. The molecule has 0 spiro atoms. The van der Waals surface area contributed by atoms with Crippen molar-refractivity contribution in [2.75, 3.05) is 19.0 Å². The van der Waals surface area contributed by atoms with Crippen LogP contribution in [0.2, 0.25) is 5.02 Å². The summed E-state index contributed by atoms with van der Waals surface area (Å²) in [7, 11) is 1.59. The zero-order valence-corrected chi connectivity index (χ0v) is 12.5. The monoisotopic (exact) mass is 285 g/mol. The summed E-state index contributed by atoms with van der Waals surface area (Å²) in [5.41, 5.74) is 1.77. The van der Waals surface area contributed by atoms with E-state index in [1.165, 1.54) is 0 Å². The largest absolute Gasteiger partial charge is 0.495 e. The third kappa shape index (κ3) is 4.63. The summed E-state index contributed by atoms with van der Waals surface area (Å²) in [4.78, 5) is 11.4. The van der Waals surface area contributed by atoms with Crippen LogP contribution in [0.15, 0.2) is 12.1 Å². The maximum Gasteiger partial charge on any atom is 0.307 e. The number of aryl methyl sites for hydroxylation is 1. The van der Waals surface area contributed by atoms with Crippen molar-refractivity contribution in [2.45, 2.75) is 33.2 Å². The first-order valence-corrected chi connectivity index (χ1v) is 6.62. The van der Waals surface area contributed by atoms with Gasteiger partial charge in [0, 0.05) is 17.1 Å². The van der Waals surface area contributed by atoms with Crippen LogP contribution in [0.5, 0.6) is 5.75 Å². The number of hydrogen-bond acceptors (Lipinski definition) is 4. The van der Waals surface area contributed by atoms with E-state index in [0.717, 1.165) is 11.3 Å². The van der Waals surface area contributed by atoms with Crippen LogP contribution in [-0.2, 0) is 9.53 Å². The van der Waals surface area contributed by atoms with Gasteiger partial charge < -0.3 is 14.8 Å². The number of halogens is 1. The molecule has 0 aliphatic carbocycles. The Morgan fingerprint density at radius 3 is 2.74 bits per heavy atom. The zero-order chi connectivity index (χ0) is 14.4. The number of benzene rings is 1. The van der Waals surface area contributed by atoms with Crippen LogP contribution in [0, 0.1) is 6.92 Å². The van der Waals surface area contributed by atoms with Gasteiger partial charge in [-0.3, -0.25) is 4.79 Å². The van der Waals surface area contributed by atoms with Gasteiger partial charge in [-0.1, -0.05) is 11.6 Å². The van der Waals surface area contributed by atoms with Crippen LogP contribution in [-0.4, -0.2) is 25.7 Å². The fourth-order valence-corrected chi connectivity index (χ4v) is 1.88. The molecule has 1 N–H and O–H groups in total. The molecule has 0 heterocycles. The summed E-state index contributed by atoms with van der Waals surface area (Å²) in [5, 5.41) is 3.89. The van der Waals surface area contributed by atoms with Crippen LogP contribution in [0.25, 0.3) is 0 Å². The quantitative estimate of drug-likeness (QED) is 0.814. The van der Waals surface area contributed by atoms with Crippen molar-refractivity contribution in [3.8, 4) is 5.75 Å². The molecule has 19 heavy (non-hydrogen) atoms. The lowest BCUT2D eigenvalue weighted by molar-refractivity contribution is -0.143. The van der Waals surface area contributed by atoms with Crippen LogP contribution >= 0.6 is 11.6 Å². The highest BCUT2D eigenvalue weighted by Crippen LogP contribution is 2.31. The molecule has 1 atom stereocenters. The molecular weight excluding hydrogens is 266 g/mol. The van der Waals surface area contributed by atoms with E-state index in [2.05, 4.69) is 5.32 Å². The average molecular weight is 286 g/mol. The molecule has 1 aromatic carbocycles. The topological polar surface area (TPSA) is 47.6 Å². The molecule has 0 fully saturated rings. The summed E-state index contributed by atoms with van der Waals surface area (Å²) in [6, 6.07) is 3.62. The van der Waals surface area contributed by atoms with Gasteiger partial charge in [0.25, 0.3) is 0 Å². The predicted molar refractivity (Wildman–Crippen MR) is 77.1 cm³/mol. The smallest absolute Gasteiger partial charge is 0.307 e. The molecule has 5 heteroatoms. The van der Waals surface area contributed by atoms with Gasteiger partial charge in [0.2, 0.25) is 0 Å². The molecule has 106 valence electrons. The molecule has 0 aliphatic heterocycles. The third-order valence-corrected chi connectivity index (χ3v) is 3.07. The van der Waals surface area contributed by atoms with Crippen LogP contribution < -0.4 is 10.1 Å². The van der Waals surface area contributed by atoms with Gasteiger partial charge in [-0.25, -0.2) is 0 Å². The van der Waals surface area contributed by atoms with Gasteiger partial charge in [-0.15, -0.1) is 0 Å². The summed E-state index contributed by atoms with van der Waals surface area (Å²) in [6.07, 6.45) is 0.304. The van der Waals surface area contributed by atoms with Crippen molar-refractivity contribution in [1.29, 1.82) is 0 Å². The first-order chi connectivity index (χ1) is 8.97. The standard InChI is InChI=1S/C14H20ClNO3/c1-5-19-14(17)7-10(3)16-12-6-9(2)11(15)8-13(12)18-4/h6,8,10,16H,5,7H2,1-4H3. The van der Waals surface area contributed by atoms with Crippen molar-refractivity contribution in [1.82, 2.24) is 0 Å². The molecule has 0 saturated carbocycles. The van der Waals surface area contributed by atoms with E-state index in [1.54, 1.807) is 20.1 Å². The van der Waals surface area contributed by atoms with Crippen LogP contribution in [0.4, 0.5) is 5.69 Å². The van der Waals surface area contributed by atoms with E-state index < -0.39 is 0 Å². The number of carbonyl (C=O) groups is 1. The summed E-state index contributed by atoms with van der Waals surface area (Å²) < 4.78 is 10.2. The second-order valence-corrected chi connectivity index (χ2v) is 4.76. The van der Waals surface area contributed by atoms with E-state index in [9.17, 15) is 4.79 Å². The van der Waals surface area contributed by atoms with Gasteiger partial charge in [0.05, 0.1) is 25.8 Å². The fraction of sp³-hybridized carbons (Fsp3) is 0.500. The summed E-state index contributed by atoms with van der Waals surface area (Å²) >= 11 is 6.04. The Morgan fingerprint density at radius 1 is 1.47 bits per heavy atom. The predicted octanol–water partition coefficient (Wildman–Crippen LogP) is 3.41. The molecule has 4 nitrogen and oxygen atoms in total. The summed E-state index contributed by atoms with van der Waals surface area (Å²) in [5.74, 6) is 0.443. The number of methoxy groups -OCH3 is 1. The highest BCUT2D eigenvalue weighted by atomic mass is 35.5. The first kappa shape index (κ1) is 15.6. The lowest BCUT2D eigenvalue weighted by Crippen LogP contribution is -2.21. The molecule has 1 unspecified atom stereocenters. The number of rotatable bonds is 6. The zero-order valence-electron chi connectivity index (χ0n) is 11.7. The highest BCUT2D eigenvalue weighted by molar-refractivity contribution is 6.31. The van der Waals surface area contributed by atoms with E-state index in [4.69, 9.17) is 21.1 Å². The first-order valence-electron chi connectivity index (χ1n) is 6.24. The van der Waals surface area contributed by atoms with Gasteiger partial charge in [0.1, 0.15) is 5.75 Å². The van der Waals surface area contributed by atoms with Crippen LogP contribution in [0.1, 0.15) is 25.8 Å². The molecular formula is C14H20ClNO3. The molecule has 0 aromatic heterocycles. The molecule has 0 bridgehead atoms. The minimum absolute atomic E-state index is 0.0477. The van der Waals surface area contributed by atoms with Crippen molar-refractivity contribution < 1.29 is 14.3 Å². The number of hydrogen-bond donors (Lipinski definition) is 1. The molecule has 0 radical (unpaired) electrons. The highest BCUT2D eigenvalue weighted by Gasteiger charge is 2.13. The number of anilines is 1. The lowest BCUT2D eigenvalue weighted by atomic mass is 10.1. The Balaban J connectivity index is 2.75. The van der Waals surface area contributed by atoms with Crippen molar-refractivity contribution >= 4 is 23.3 Å². The van der Waals surface area contributed by atoms with E-state index in [1.807, 2.05) is 19.9 Å². The maximum absolute atomic E-state index is 11.4. The Labute approximate surface area is 119 Å². The Kier molecular flexibility index (Phi) is 5.96. The van der Waals surface area contributed by atoms with E-state index >= 15 is 0 Å². The summed E-state index contributed by atoms with van der Waals surface area (Å²) in [6.45, 7) is 6.03. The van der Waals surface area contributed by atoms with E-state index in [-0.39, 0.29) is 12.0 Å². The molecule has 0 saturated heterocycles. The minimum Gasteiger partial charge on any atom is -0.495 e. The molecule has 0 aliphatic rings. The molecule has 0 amide bonds. The second kappa shape index (κ2) is 7.24. The number of ether oxygens (including phenoxy) is 2. The average Bonchev–Trinajstić information content (AvgIpc) is 2.33. The SMILES string of the molecule is CCOC(=O)CC(C)Nc1cc(C)c(Cl)cc1OC. The molecule has 1 aromatic rings. The van der Waals surface area contributed by atoms with Gasteiger partial charge in [0.15, 0.2) is 0 Å². The van der Waals surface area contributed by atoms with Gasteiger partial charge >= 0.3 is 5.97 Å². The Hall–Kier alpha value is -1.42. The Morgan fingerprint density at radius 2 is 2.16 bits per heavy atom. The van der Waals surface area contributed by atoms with Gasteiger partial charge in [-0.2, -0.15) is 0 Å². The maximum atomic E-state index is 11.4. The molecule has 1 rings (SSSR count). The van der Waals surface area contributed by atoms with Crippen molar-refractivity contribution in [2.24, 2.45) is 0 Å². The fourth-order valence-electron chi connectivity index (χ4n) is 1.73.